The molecule has 0 aromatic heterocycles. The molecule has 0 N–H and O–H groups in total. The minimum absolute atomic E-state index is 0.562. The van der Waals surface area contributed by atoms with Crippen LogP contribution in [0.25, 0.3) is 43.8 Å². The lowest BCUT2D eigenvalue weighted by molar-refractivity contribution is 0.436. The Hall–Kier alpha value is -8.66. The average molecular weight is 854 g/mol. The van der Waals surface area contributed by atoms with E-state index in [4.69, 9.17) is 9.47 Å². The number of hydrogen-bond acceptors (Lipinski definition) is 3. The van der Waals surface area contributed by atoms with Crippen molar-refractivity contribution >= 4 is 38.6 Å². The fourth-order valence-electron chi connectivity index (χ4n) is 12.6. The van der Waals surface area contributed by atoms with Crippen LogP contribution >= 0.6 is 0 Å². The number of ether oxygens (including phenoxy) is 2. The molecule has 0 saturated carbocycles. The average Bonchev–Trinajstić information content (AvgIpc) is 3.85. The van der Waals surface area contributed by atoms with Crippen molar-refractivity contribution in [2.75, 3.05) is 4.90 Å². The molecule has 67 heavy (non-hydrogen) atoms. The van der Waals surface area contributed by atoms with E-state index >= 15 is 0 Å². The molecule has 3 nitrogen and oxygen atoms in total. The Morgan fingerprint density at radius 3 is 1.39 bits per heavy atom. The molecule has 11 aromatic rings. The predicted molar refractivity (Wildman–Crippen MR) is 271 cm³/mol. The van der Waals surface area contributed by atoms with Gasteiger partial charge in [-0.2, -0.15) is 0 Å². The van der Waals surface area contributed by atoms with Crippen molar-refractivity contribution < 1.29 is 9.47 Å². The fraction of sp³-hybridized carbons (Fsp3) is 0.0312. The molecule has 0 radical (unpaired) electrons. The first kappa shape index (κ1) is 36.7. The number of anilines is 3. The molecule has 0 fully saturated rings. The number of rotatable bonds is 3. The molecule has 2 aliphatic carbocycles. The number of hydrogen-bond donors (Lipinski definition) is 0. The van der Waals surface area contributed by atoms with E-state index in [1.165, 1.54) is 66.1 Å². The van der Waals surface area contributed by atoms with Crippen molar-refractivity contribution in [1.82, 2.24) is 0 Å². The maximum atomic E-state index is 6.73. The summed E-state index contributed by atoms with van der Waals surface area (Å²) in [6.07, 6.45) is 0. The first-order valence-corrected chi connectivity index (χ1v) is 23.2. The van der Waals surface area contributed by atoms with Gasteiger partial charge in [0.2, 0.25) is 0 Å². The van der Waals surface area contributed by atoms with E-state index in [-0.39, 0.29) is 0 Å². The highest BCUT2D eigenvalue weighted by atomic mass is 16.5. The Labute approximate surface area is 388 Å². The summed E-state index contributed by atoms with van der Waals surface area (Å²) in [5, 5.41) is 4.92. The van der Waals surface area contributed by atoms with Crippen LogP contribution in [0.5, 0.6) is 23.0 Å². The molecular formula is C64H39NO2. The van der Waals surface area contributed by atoms with Gasteiger partial charge in [0.05, 0.1) is 16.5 Å². The van der Waals surface area contributed by atoms with Crippen LogP contribution < -0.4 is 14.4 Å². The van der Waals surface area contributed by atoms with Gasteiger partial charge in [0, 0.05) is 39.2 Å². The van der Waals surface area contributed by atoms with E-state index in [0.29, 0.717) is 0 Å². The van der Waals surface area contributed by atoms with Crippen molar-refractivity contribution in [2.45, 2.75) is 10.8 Å². The highest BCUT2D eigenvalue weighted by molar-refractivity contribution is 6.09. The molecule has 3 heteroatoms. The van der Waals surface area contributed by atoms with Crippen LogP contribution in [0.1, 0.15) is 44.5 Å². The van der Waals surface area contributed by atoms with Crippen molar-refractivity contribution in [3.8, 4) is 45.3 Å². The van der Waals surface area contributed by atoms with E-state index in [1.54, 1.807) is 0 Å². The topological polar surface area (TPSA) is 21.7 Å². The molecule has 2 aliphatic heterocycles. The van der Waals surface area contributed by atoms with Gasteiger partial charge in [0.15, 0.2) is 0 Å². The van der Waals surface area contributed by atoms with Crippen molar-refractivity contribution in [3.63, 3.8) is 0 Å². The van der Waals surface area contributed by atoms with Crippen LogP contribution in [-0.2, 0) is 10.8 Å². The molecule has 0 bridgehead atoms. The Balaban J connectivity index is 1.03. The first-order chi connectivity index (χ1) is 33.2. The number of nitrogens with zero attached hydrogens (tertiary/aromatic N) is 1. The van der Waals surface area contributed by atoms with E-state index < -0.39 is 10.8 Å². The summed E-state index contributed by atoms with van der Waals surface area (Å²) in [5.41, 5.74) is 16.6. The number of para-hydroxylation sites is 4. The summed E-state index contributed by atoms with van der Waals surface area (Å²) in [6, 6.07) is 86.8. The summed E-state index contributed by atoms with van der Waals surface area (Å²) in [6.45, 7) is 0. The Kier molecular flexibility index (Phi) is 7.36. The van der Waals surface area contributed by atoms with E-state index in [0.717, 1.165) is 62.3 Å². The lowest BCUT2D eigenvalue weighted by atomic mass is 9.66. The smallest absolute Gasteiger partial charge is 0.132 e. The second-order valence-corrected chi connectivity index (χ2v) is 18.2. The molecule has 15 rings (SSSR count). The minimum atomic E-state index is -0.603. The standard InChI is InChI=1S/C64H39NO2/c1-2-17-44-40(16-1)32-33-41-38-42(34-36-45(41)44)65(43-35-37-51-48(39-43)46-18-3-5-20-49(46)63(51)52-22-7-11-28-58(52)66-59-29-12-8-23-53(59)63)57-27-15-26-56-62(57)47-19-4-6-21-50(47)64(56)54-24-9-13-30-60(54)67-61-31-14-10-25-55(61)64/h1-39H. The van der Waals surface area contributed by atoms with Crippen LogP contribution in [-0.4, -0.2) is 0 Å². The molecule has 4 aliphatic rings. The summed E-state index contributed by atoms with van der Waals surface area (Å²) in [7, 11) is 0. The van der Waals surface area contributed by atoms with Gasteiger partial charge in [0.1, 0.15) is 23.0 Å². The van der Waals surface area contributed by atoms with E-state index in [9.17, 15) is 0 Å². The van der Waals surface area contributed by atoms with Crippen LogP contribution in [0, 0.1) is 0 Å². The summed E-state index contributed by atoms with van der Waals surface area (Å²) in [5.74, 6) is 3.55. The predicted octanol–water partition coefficient (Wildman–Crippen LogP) is 16.4. The fourth-order valence-corrected chi connectivity index (χ4v) is 12.6. The van der Waals surface area contributed by atoms with Gasteiger partial charge in [-0.3, -0.25) is 0 Å². The summed E-state index contributed by atoms with van der Waals surface area (Å²) in [4.78, 5) is 2.51. The van der Waals surface area contributed by atoms with Gasteiger partial charge in [-0.15, -0.1) is 0 Å². The molecule has 2 heterocycles. The number of benzene rings is 11. The first-order valence-electron chi connectivity index (χ1n) is 23.2. The van der Waals surface area contributed by atoms with Crippen molar-refractivity contribution in [2.24, 2.45) is 0 Å². The molecule has 0 amide bonds. The van der Waals surface area contributed by atoms with Gasteiger partial charge < -0.3 is 14.4 Å². The largest absolute Gasteiger partial charge is 0.457 e. The number of fused-ring (bicyclic) bond motifs is 21. The van der Waals surface area contributed by atoms with Gasteiger partial charge in [-0.25, -0.2) is 0 Å². The van der Waals surface area contributed by atoms with Crippen molar-refractivity contribution in [1.29, 1.82) is 0 Å². The van der Waals surface area contributed by atoms with E-state index in [1.807, 2.05) is 0 Å². The molecule has 2 spiro atoms. The van der Waals surface area contributed by atoms with Gasteiger partial charge >= 0.3 is 0 Å². The minimum Gasteiger partial charge on any atom is -0.457 e. The second kappa shape index (κ2) is 13.4. The highest BCUT2D eigenvalue weighted by Crippen LogP contribution is 2.66. The molecule has 11 aromatic carbocycles. The Bertz CT molecular complexity index is 3830. The molecule has 0 unspecified atom stereocenters. The lowest BCUT2D eigenvalue weighted by Crippen LogP contribution is -2.32. The van der Waals surface area contributed by atoms with Gasteiger partial charge in [0.25, 0.3) is 0 Å². The highest BCUT2D eigenvalue weighted by Gasteiger charge is 2.53. The van der Waals surface area contributed by atoms with Gasteiger partial charge in [-0.05, 0) is 115 Å². The van der Waals surface area contributed by atoms with Crippen molar-refractivity contribution in [3.05, 3.63) is 281 Å². The quantitative estimate of drug-likeness (QED) is 0.165. The molecular weight excluding hydrogens is 815 g/mol. The Morgan fingerprint density at radius 1 is 0.284 bits per heavy atom. The normalized spacial score (nSPS) is 14.4. The summed E-state index contributed by atoms with van der Waals surface area (Å²) < 4.78 is 13.4. The zero-order valence-corrected chi connectivity index (χ0v) is 36.3. The third-order valence-corrected chi connectivity index (χ3v) is 15.2. The maximum Gasteiger partial charge on any atom is 0.132 e. The lowest BCUT2D eigenvalue weighted by Gasteiger charge is -2.39. The molecule has 0 atom stereocenters. The third-order valence-electron chi connectivity index (χ3n) is 15.2. The van der Waals surface area contributed by atoms with Gasteiger partial charge in [-0.1, -0.05) is 182 Å². The molecule has 312 valence electrons. The Morgan fingerprint density at radius 2 is 0.731 bits per heavy atom. The zero-order valence-electron chi connectivity index (χ0n) is 36.3. The van der Waals surface area contributed by atoms with Crippen LogP contribution in [0.4, 0.5) is 17.1 Å². The third kappa shape index (κ3) is 4.70. The monoisotopic (exact) mass is 853 g/mol. The van der Waals surface area contributed by atoms with Crippen LogP contribution in [0.2, 0.25) is 0 Å². The van der Waals surface area contributed by atoms with E-state index in [2.05, 4.69) is 241 Å². The zero-order chi connectivity index (χ0) is 43.8. The van der Waals surface area contributed by atoms with Crippen LogP contribution in [0.3, 0.4) is 0 Å². The molecule has 0 saturated heterocycles. The second-order valence-electron chi connectivity index (χ2n) is 18.2. The maximum absolute atomic E-state index is 6.73. The SMILES string of the molecule is c1ccc2c(c1)Oc1ccccc1C21c2ccccc2-c2cc(N(c3ccc4c(ccc5ccccc54)c3)c3cccc4c3-c3ccccc3C43c4ccccc4Oc4ccccc43)ccc21. The van der Waals surface area contributed by atoms with Crippen LogP contribution in [0.15, 0.2) is 237 Å². The summed E-state index contributed by atoms with van der Waals surface area (Å²) >= 11 is 0.